The molecule has 2 aromatic carbocycles. The van der Waals surface area contributed by atoms with E-state index in [0.717, 1.165) is 29.1 Å². The minimum atomic E-state index is 0.789. The molecule has 3 rings (SSSR count). The molecule has 0 spiro atoms. The van der Waals surface area contributed by atoms with Crippen molar-refractivity contribution < 1.29 is 4.74 Å². The van der Waals surface area contributed by atoms with Crippen molar-refractivity contribution in [1.29, 1.82) is 0 Å². The molecule has 0 unspecified atom stereocenters. The predicted molar refractivity (Wildman–Crippen MR) is 88.1 cm³/mol. The molecule has 0 atom stereocenters. The number of benzene rings is 2. The molecule has 0 saturated heterocycles. The van der Waals surface area contributed by atoms with Crippen LogP contribution in [-0.4, -0.2) is 12.1 Å². The standard InChI is InChI=1S/C18H20N2O/c1-12-8-9-16(13(2)18(12)21-3)19-10-14-11-20-17-7-5-4-6-15(14)17/h4-9,11,19-20H,10H2,1-3H3. The van der Waals surface area contributed by atoms with Crippen LogP contribution in [0.5, 0.6) is 5.75 Å². The molecule has 0 aliphatic carbocycles. The van der Waals surface area contributed by atoms with Crippen LogP contribution in [0.1, 0.15) is 16.7 Å². The highest BCUT2D eigenvalue weighted by atomic mass is 16.5. The van der Waals surface area contributed by atoms with Crippen LogP contribution in [0.25, 0.3) is 10.9 Å². The molecule has 0 aliphatic rings. The highest BCUT2D eigenvalue weighted by Crippen LogP contribution is 2.29. The first-order valence-corrected chi connectivity index (χ1v) is 7.13. The van der Waals surface area contributed by atoms with Crippen molar-refractivity contribution in [2.75, 3.05) is 12.4 Å². The van der Waals surface area contributed by atoms with E-state index in [1.807, 2.05) is 6.07 Å². The van der Waals surface area contributed by atoms with Crippen molar-refractivity contribution in [2.45, 2.75) is 20.4 Å². The third kappa shape index (κ3) is 2.47. The van der Waals surface area contributed by atoms with Crippen LogP contribution in [0.15, 0.2) is 42.6 Å². The number of aromatic amines is 1. The Labute approximate surface area is 125 Å². The quantitative estimate of drug-likeness (QED) is 0.743. The Balaban J connectivity index is 1.85. The lowest BCUT2D eigenvalue weighted by atomic mass is 10.1. The van der Waals surface area contributed by atoms with Crippen LogP contribution in [0.3, 0.4) is 0 Å². The number of hydrogen-bond donors (Lipinski definition) is 2. The zero-order valence-corrected chi connectivity index (χ0v) is 12.7. The average Bonchev–Trinajstić information content (AvgIpc) is 2.90. The fraction of sp³-hybridized carbons (Fsp3) is 0.222. The molecular formula is C18H20N2O. The molecule has 2 N–H and O–H groups in total. The van der Waals surface area contributed by atoms with Gasteiger partial charge in [0, 0.05) is 34.9 Å². The molecule has 1 heterocycles. The van der Waals surface area contributed by atoms with Crippen LogP contribution in [0.2, 0.25) is 0 Å². The van der Waals surface area contributed by atoms with Crippen molar-refractivity contribution in [3.8, 4) is 5.75 Å². The molecule has 3 heteroatoms. The number of anilines is 1. The molecule has 0 amide bonds. The van der Waals surface area contributed by atoms with Gasteiger partial charge in [0.05, 0.1) is 7.11 Å². The maximum Gasteiger partial charge on any atom is 0.126 e. The highest BCUT2D eigenvalue weighted by Gasteiger charge is 2.08. The molecule has 0 fully saturated rings. The molecule has 21 heavy (non-hydrogen) atoms. The van der Waals surface area contributed by atoms with E-state index < -0.39 is 0 Å². The number of H-pyrrole nitrogens is 1. The zero-order valence-electron chi connectivity index (χ0n) is 12.7. The van der Waals surface area contributed by atoms with E-state index in [-0.39, 0.29) is 0 Å². The van der Waals surface area contributed by atoms with Gasteiger partial charge in [0.15, 0.2) is 0 Å². The molecule has 0 radical (unpaired) electrons. The number of fused-ring (bicyclic) bond motifs is 1. The summed E-state index contributed by atoms with van der Waals surface area (Å²) in [6, 6.07) is 12.6. The van der Waals surface area contributed by atoms with Crippen molar-refractivity contribution in [3.05, 3.63) is 59.3 Å². The van der Waals surface area contributed by atoms with Gasteiger partial charge >= 0.3 is 0 Å². The van der Waals surface area contributed by atoms with E-state index in [1.54, 1.807) is 7.11 Å². The van der Waals surface area contributed by atoms with Crippen molar-refractivity contribution in [1.82, 2.24) is 4.98 Å². The summed E-state index contributed by atoms with van der Waals surface area (Å²) < 4.78 is 5.48. The van der Waals surface area contributed by atoms with Crippen LogP contribution in [0.4, 0.5) is 5.69 Å². The molecule has 108 valence electrons. The SMILES string of the molecule is COc1c(C)ccc(NCc2c[nH]c3ccccc23)c1C. The predicted octanol–water partition coefficient (Wildman–Crippen LogP) is 4.41. The molecule has 0 aliphatic heterocycles. The summed E-state index contributed by atoms with van der Waals surface area (Å²) in [5, 5.41) is 4.77. The molecule has 0 bridgehead atoms. The summed E-state index contributed by atoms with van der Waals surface area (Å²) >= 11 is 0. The Hall–Kier alpha value is -2.42. The first kappa shape index (κ1) is 13.6. The molecule has 3 nitrogen and oxygen atoms in total. The Kier molecular flexibility index (Phi) is 3.57. The van der Waals surface area contributed by atoms with Crippen molar-refractivity contribution in [2.24, 2.45) is 0 Å². The Morgan fingerprint density at radius 1 is 1.10 bits per heavy atom. The highest BCUT2D eigenvalue weighted by molar-refractivity contribution is 5.83. The minimum absolute atomic E-state index is 0.789. The summed E-state index contributed by atoms with van der Waals surface area (Å²) in [5.74, 6) is 0.957. The van der Waals surface area contributed by atoms with E-state index in [2.05, 4.69) is 60.7 Å². The van der Waals surface area contributed by atoms with Gasteiger partial charge in [-0.05, 0) is 37.1 Å². The number of hydrogen-bond acceptors (Lipinski definition) is 2. The maximum absolute atomic E-state index is 5.48. The minimum Gasteiger partial charge on any atom is -0.496 e. The summed E-state index contributed by atoms with van der Waals surface area (Å²) in [6.07, 6.45) is 2.07. The second kappa shape index (κ2) is 5.52. The Bertz CT molecular complexity index is 774. The number of aryl methyl sites for hydroxylation is 1. The van der Waals surface area contributed by atoms with Crippen LogP contribution in [-0.2, 0) is 6.54 Å². The van der Waals surface area contributed by atoms with Gasteiger partial charge in [0.25, 0.3) is 0 Å². The summed E-state index contributed by atoms with van der Waals surface area (Å²) in [4.78, 5) is 3.31. The van der Waals surface area contributed by atoms with Gasteiger partial charge in [0.2, 0.25) is 0 Å². The van der Waals surface area contributed by atoms with E-state index in [4.69, 9.17) is 4.74 Å². The zero-order chi connectivity index (χ0) is 14.8. The van der Waals surface area contributed by atoms with E-state index in [1.165, 1.54) is 16.5 Å². The first-order valence-electron chi connectivity index (χ1n) is 7.13. The lowest BCUT2D eigenvalue weighted by Gasteiger charge is -2.14. The van der Waals surface area contributed by atoms with Crippen molar-refractivity contribution >= 4 is 16.6 Å². The van der Waals surface area contributed by atoms with Gasteiger partial charge in [-0.1, -0.05) is 24.3 Å². The number of ether oxygens (including phenoxy) is 1. The number of nitrogens with one attached hydrogen (secondary N) is 2. The van der Waals surface area contributed by atoms with E-state index in [9.17, 15) is 0 Å². The van der Waals surface area contributed by atoms with E-state index in [0.29, 0.717) is 0 Å². The van der Waals surface area contributed by atoms with Gasteiger partial charge in [-0.25, -0.2) is 0 Å². The summed E-state index contributed by atoms with van der Waals surface area (Å²) in [5.41, 5.74) is 5.87. The summed E-state index contributed by atoms with van der Waals surface area (Å²) in [7, 11) is 1.72. The number of rotatable bonds is 4. The third-order valence-electron chi connectivity index (χ3n) is 3.95. The van der Waals surface area contributed by atoms with Gasteiger partial charge in [0.1, 0.15) is 5.75 Å². The third-order valence-corrected chi connectivity index (χ3v) is 3.95. The normalized spacial score (nSPS) is 10.8. The van der Waals surface area contributed by atoms with Crippen LogP contribution < -0.4 is 10.1 Å². The van der Waals surface area contributed by atoms with Gasteiger partial charge in [-0.2, -0.15) is 0 Å². The second-order valence-corrected chi connectivity index (χ2v) is 5.30. The fourth-order valence-electron chi connectivity index (χ4n) is 2.80. The lowest BCUT2D eigenvalue weighted by Crippen LogP contribution is -2.02. The van der Waals surface area contributed by atoms with Gasteiger partial charge in [-0.15, -0.1) is 0 Å². The largest absolute Gasteiger partial charge is 0.496 e. The number of aromatic nitrogens is 1. The molecule has 0 saturated carbocycles. The monoisotopic (exact) mass is 280 g/mol. The smallest absolute Gasteiger partial charge is 0.126 e. The Morgan fingerprint density at radius 3 is 2.71 bits per heavy atom. The van der Waals surface area contributed by atoms with Crippen LogP contribution in [0, 0.1) is 13.8 Å². The van der Waals surface area contributed by atoms with Crippen LogP contribution >= 0.6 is 0 Å². The van der Waals surface area contributed by atoms with Gasteiger partial charge in [-0.3, -0.25) is 0 Å². The van der Waals surface area contributed by atoms with Gasteiger partial charge < -0.3 is 15.0 Å². The fourth-order valence-corrected chi connectivity index (χ4v) is 2.80. The van der Waals surface area contributed by atoms with E-state index >= 15 is 0 Å². The molecular weight excluding hydrogens is 260 g/mol. The molecule has 3 aromatic rings. The topological polar surface area (TPSA) is 37.0 Å². The second-order valence-electron chi connectivity index (χ2n) is 5.30. The lowest BCUT2D eigenvalue weighted by molar-refractivity contribution is 0.409. The number of methoxy groups -OCH3 is 1. The molecule has 1 aromatic heterocycles. The average molecular weight is 280 g/mol. The number of para-hydroxylation sites is 1. The van der Waals surface area contributed by atoms with Crippen molar-refractivity contribution in [3.63, 3.8) is 0 Å². The summed E-state index contributed by atoms with van der Waals surface area (Å²) in [6.45, 7) is 4.94. The maximum atomic E-state index is 5.48. The Morgan fingerprint density at radius 2 is 1.90 bits per heavy atom. The first-order chi connectivity index (χ1) is 10.2.